The number of carbonyl (C=O) groups excluding carboxylic acids is 1. The Morgan fingerprint density at radius 1 is 1.11 bits per heavy atom. The first-order chi connectivity index (χ1) is 13.1. The van der Waals surface area contributed by atoms with Crippen LogP contribution in [-0.2, 0) is 0 Å². The van der Waals surface area contributed by atoms with Gasteiger partial charge in [-0.2, -0.15) is 0 Å². The molecule has 3 aromatic rings. The fourth-order valence-electron chi connectivity index (χ4n) is 2.77. The van der Waals surface area contributed by atoms with E-state index < -0.39 is 0 Å². The number of amides is 1. The van der Waals surface area contributed by atoms with Crippen LogP contribution in [0.5, 0.6) is 5.75 Å². The van der Waals surface area contributed by atoms with E-state index in [2.05, 4.69) is 22.1 Å². The maximum atomic E-state index is 12.6. The summed E-state index contributed by atoms with van der Waals surface area (Å²) < 4.78 is 5.13. The van der Waals surface area contributed by atoms with E-state index in [1.165, 1.54) is 0 Å². The third kappa shape index (κ3) is 4.38. The van der Waals surface area contributed by atoms with E-state index in [9.17, 15) is 4.79 Å². The van der Waals surface area contributed by atoms with Crippen molar-refractivity contribution in [1.29, 1.82) is 0 Å². The number of aromatic nitrogens is 1. The summed E-state index contributed by atoms with van der Waals surface area (Å²) in [7, 11) is 1.54. The van der Waals surface area contributed by atoms with Crippen molar-refractivity contribution in [2.24, 2.45) is 0 Å². The van der Waals surface area contributed by atoms with Crippen molar-refractivity contribution in [1.82, 2.24) is 4.98 Å². The summed E-state index contributed by atoms with van der Waals surface area (Å²) in [5.41, 5.74) is 2.95. The molecule has 0 aliphatic heterocycles. The van der Waals surface area contributed by atoms with Crippen LogP contribution in [0.1, 0.15) is 17.3 Å². The van der Waals surface area contributed by atoms with Gasteiger partial charge < -0.3 is 15.0 Å². The topological polar surface area (TPSA) is 54.5 Å². The average Bonchev–Trinajstić information content (AvgIpc) is 2.70. The van der Waals surface area contributed by atoms with Crippen molar-refractivity contribution in [3.05, 3.63) is 77.6 Å². The molecule has 0 saturated carbocycles. The minimum Gasteiger partial charge on any atom is -0.495 e. The lowest BCUT2D eigenvalue weighted by atomic mass is 10.2. The number of anilines is 3. The standard InChI is InChI=1S/C21H20ClN3O2/c1-3-25(17-7-5-4-6-8-17)18-11-15(13-23-14-18)21(26)24-16-9-10-20(27-2)19(22)12-16/h4-14H,3H2,1-2H3,(H,24,26). The van der Waals surface area contributed by atoms with Crippen LogP contribution in [-0.4, -0.2) is 24.5 Å². The van der Waals surface area contributed by atoms with E-state index >= 15 is 0 Å². The summed E-state index contributed by atoms with van der Waals surface area (Å²) in [4.78, 5) is 19.0. The van der Waals surface area contributed by atoms with Crippen LogP contribution in [0.4, 0.5) is 17.1 Å². The number of rotatable bonds is 6. The lowest BCUT2D eigenvalue weighted by Crippen LogP contribution is -2.18. The molecule has 0 atom stereocenters. The summed E-state index contributed by atoms with van der Waals surface area (Å²) in [5.74, 6) is 0.300. The first-order valence-corrected chi connectivity index (χ1v) is 8.92. The predicted molar refractivity (Wildman–Crippen MR) is 109 cm³/mol. The van der Waals surface area contributed by atoms with E-state index in [1.807, 2.05) is 36.4 Å². The molecule has 0 radical (unpaired) electrons. The maximum absolute atomic E-state index is 12.6. The molecular weight excluding hydrogens is 362 g/mol. The second-order valence-corrected chi connectivity index (χ2v) is 6.22. The highest BCUT2D eigenvalue weighted by atomic mass is 35.5. The SMILES string of the molecule is CCN(c1ccccc1)c1cncc(C(=O)Nc2ccc(OC)c(Cl)c2)c1. The zero-order valence-electron chi connectivity index (χ0n) is 15.1. The Morgan fingerprint density at radius 3 is 2.56 bits per heavy atom. The van der Waals surface area contributed by atoms with Gasteiger partial charge in [0, 0.05) is 24.1 Å². The largest absolute Gasteiger partial charge is 0.495 e. The molecule has 3 rings (SSSR count). The summed E-state index contributed by atoms with van der Waals surface area (Å²) in [6, 6.07) is 16.9. The zero-order chi connectivity index (χ0) is 19.2. The van der Waals surface area contributed by atoms with E-state index in [-0.39, 0.29) is 5.91 Å². The fraction of sp³-hybridized carbons (Fsp3) is 0.143. The summed E-state index contributed by atoms with van der Waals surface area (Å²) in [6.45, 7) is 2.81. The molecule has 0 spiro atoms. The molecule has 0 aliphatic rings. The van der Waals surface area contributed by atoms with Gasteiger partial charge in [-0.3, -0.25) is 9.78 Å². The molecule has 138 valence electrons. The van der Waals surface area contributed by atoms with Gasteiger partial charge in [0.1, 0.15) is 5.75 Å². The minimum atomic E-state index is -0.255. The second kappa shape index (κ2) is 8.56. The molecule has 0 fully saturated rings. The van der Waals surface area contributed by atoms with Crippen molar-refractivity contribution in [2.75, 3.05) is 23.9 Å². The number of nitrogens with zero attached hydrogens (tertiary/aromatic N) is 2. The summed E-state index contributed by atoms with van der Waals surface area (Å²) in [5, 5.41) is 3.27. The van der Waals surface area contributed by atoms with E-state index in [0.29, 0.717) is 22.0 Å². The van der Waals surface area contributed by atoms with Crippen LogP contribution in [0.15, 0.2) is 67.0 Å². The van der Waals surface area contributed by atoms with Crippen LogP contribution in [0, 0.1) is 0 Å². The third-order valence-electron chi connectivity index (χ3n) is 4.09. The number of pyridine rings is 1. The predicted octanol–water partition coefficient (Wildman–Crippen LogP) is 5.15. The van der Waals surface area contributed by atoms with Gasteiger partial charge in [-0.15, -0.1) is 0 Å². The first kappa shape index (κ1) is 18.7. The van der Waals surface area contributed by atoms with Crippen molar-refractivity contribution < 1.29 is 9.53 Å². The third-order valence-corrected chi connectivity index (χ3v) is 4.39. The van der Waals surface area contributed by atoms with Crippen molar-refractivity contribution >= 4 is 34.6 Å². The first-order valence-electron chi connectivity index (χ1n) is 8.55. The number of nitrogens with one attached hydrogen (secondary N) is 1. The zero-order valence-corrected chi connectivity index (χ0v) is 15.9. The lowest BCUT2D eigenvalue weighted by molar-refractivity contribution is 0.102. The monoisotopic (exact) mass is 381 g/mol. The molecule has 0 saturated heterocycles. The van der Waals surface area contributed by atoms with Crippen molar-refractivity contribution in [2.45, 2.75) is 6.92 Å². The number of para-hydroxylation sites is 1. The Kier molecular flexibility index (Phi) is 5.94. The van der Waals surface area contributed by atoms with Gasteiger partial charge in [-0.05, 0) is 43.3 Å². The molecule has 1 N–H and O–H groups in total. The second-order valence-electron chi connectivity index (χ2n) is 5.82. The molecule has 1 amide bonds. The van der Waals surface area contributed by atoms with Gasteiger partial charge in [-0.1, -0.05) is 29.8 Å². The normalized spacial score (nSPS) is 10.3. The van der Waals surface area contributed by atoms with Crippen molar-refractivity contribution in [3.8, 4) is 5.75 Å². The van der Waals surface area contributed by atoms with Gasteiger partial charge in [0.2, 0.25) is 0 Å². The Morgan fingerprint density at radius 2 is 1.89 bits per heavy atom. The van der Waals surface area contributed by atoms with E-state index in [0.717, 1.165) is 17.9 Å². The van der Waals surface area contributed by atoms with E-state index in [4.69, 9.17) is 16.3 Å². The minimum absolute atomic E-state index is 0.255. The Balaban J connectivity index is 1.82. The van der Waals surface area contributed by atoms with Crippen LogP contribution in [0.3, 0.4) is 0 Å². The fourth-order valence-corrected chi connectivity index (χ4v) is 3.03. The number of methoxy groups -OCH3 is 1. The number of hydrogen-bond acceptors (Lipinski definition) is 4. The Hall–Kier alpha value is -3.05. The maximum Gasteiger partial charge on any atom is 0.257 e. The smallest absolute Gasteiger partial charge is 0.257 e. The van der Waals surface area contributed by atoms with Gasteiger partial charge >= 0.3 is 0 Å². The molecule has 6 heteroatoms. The Bertz CT molecular complexity index is 932. The Labute approximate surface area is 163 Å². The molecule has 0 aliphatic carbocycles. The lowest BCUT2D eigenvalue weighted by Gasteiger charge is -2.23. The van der Waals surface area contributed by atoms with Crippen LogP contribution < -0.4 is 15.0 Å². The molecule has 1 heterocycles. The highest BCUT2D eigenvalue weighted by Crippen LogP contribution is 2.28. The number of ether oxygens (including phenoxy) is 1. The summed E-state index contributed by atoms with van der Waals surface area (Å²) >= 11 is 6.12. The highest BCUT2D eigenvalue weighted by molar-refractivity contribution is 6.32. The van der Waals surface area contributed by atoms with Crippen LogP contribution >= 0.6 is 11.6 Å². The van der Waals surface area contributed by atoms with Gasteiger partial charge in [0.25, 0.3) is 5.91 Å². The summed E-state index contributed by atoms with van der Waals surface area (Å²) in [6.07, 6.45) is 3.29. The molecule has 0 unspecified atom stereocenters. The quantitative estimate of drug-likeness (QED) is 0.641. The molecular formula is C21H20ClN3O2. The van der Waals surface area contributed by atoms with Gasteiger partial charge in [0.05, 0.1) is 29.6 Å². The molecule has 1 aromatic heterocycles. The van der Waals surface area contributed by atoms with Gasteiger partial charge in [0.15, 0.2) is 0 Å². The van der Waals surface area contributed by atoms with Crippen LogP contribution in [0.25, 0.3) is 0 Å². The molecule has 27 heavy (non-hydrogen) atoms. The van der Waals surface area contributed by atoms with Gasteiger partial charge in [-0.25, -0.2) is 0 Å². The average molecular weight is 382 g/mol. The molecule has 0 bridgehead atoms. The highest BCUT2D eigenvalue weighted by Gasteiger charge is 2.13. The number of benzene rings is 2. The molecule has 5 nitrogen and oxygen atoms in total. The van der Waals surface area contributed by atoms with Crippen molar-refractivity contribution in [3.63, 3.8) is 0 Å². The number of carbonyl (C=O) groups is 1. The number of halogens is 1. The van der Waals surface area contributed by atoms with E-state index in [1.54, 1.807) is 37.7 Å². The van der Waals surface area contributed by atoms with Crippen LogP contribution in [0.2, 0.25) is 5.02 Å². The molecule has 2 aromatic carbocycles. The number of hydrogen-bond donors (Lipinski definition) is 1.